The molecule has 28 nitrogen and oxygen atoms in total. The Morgan fingerprint density at radius 1 is 0.410 bits per heavy atom. The summed E-state index contributed by atoms with van der Waals surface area (Å²) in [4.78, 5) is 99.0. The summed E-state index contributed by atoms with van der Waals surface area (Å²) in [5, 5.41) is 22.1. The monoisotopic (exact) mass is 870 g/mol. The number of aliphatic imine (C=N–C) groups is 5. The Bertz CT molecular complexity index is 1570. The molecule has 28 heteroatoms. The second-order valence-corrected chi connectivity index (χ2v) is 13.7. The highest BCUT2D eigenvalue weighted by molar-refractivity contribution is 5.96. The first-order chi connectivity index (χ1) is 28.6. The van der Waals surface area contributed by atoms with Crippen LogP contribution in [-0.2, 0) is 28.8 Å². The molecule has 0 heterocycles. The third-order valence-corrected chi connectivity index (χ3v) is 8.35. The fourth-order valence-electron chi connectivity index (χ4n) is 5.21. The van der Waals surface area contributed by atoms with E-state index in [0.29, 0.717) is 6.42 Å². The largest absolute Gasteiger partial charge is 0.480 e. The van der Waals surface area contributed by atoms with E-state index in [1.807, 2.05) is 0 Å². The molecule has 0 saturated carbocycles. The number of rotatable bonds is 31. The van der Waals surface area contributed by atoms with Crippen LogP contribution < -0.4 is 89.7 Å². The average Bonchev–Trinajstić information content (AvgIpc) is 3.16. The number of nitrogens with one attached hydrogen (secondary N) is 5. The van der Waals surface area contributed by atoms with E-state index in [-0.39, 0.29) is 120 Å². The summed E-state index contributed by atoms with van der Waals surface area (Å²) in [6, 6.07) is -7.58. The van der Waals surface area contributed by atoms with Gasteiger partial charge in [-0.1, -0.05) is 0 Å². The summed E-state index contributed by atoms with van der Waals surface area (Å²) < 4.78 is 0. The molecule has 0 unspecified atom stereocenters. The lowest BCUT2D eigenvalue weighted by atomic mass is 10.0. The Labute approximate surface area is 353 Å². The van der Waals surface area contributed by atoms with Crippen molar-refractivity contribution in [2.24, 2.45) is 88.0 Å². The molecule has 0 aromatic heterocycles. The quantitative estimate of drug-likeness (QED) is 0.0175. The van der Waals surface area contributed by atoms with E-state index in [4.69, 9.17) is 63.1 Å². The van der Waals surface area contributed by atoms with Crippen molar-refractivity contribution in [3.8, 4) is 0 Å². The minimum atomic E-state index is -1.35. The first kappa shape index (κ1) is 54.1. The first-order valence-electron chi connectivity index (χ1n) is 19.4. The van der Waals surface area contributed by atoms with Gasteiger partial charge in [0.25, 0.3) is 0 Å². The molecule has 6 atom stereocenters. The van der Waals surface area contributed by atoms with Gasteiger partial charge in [0.15, 0.2) is 29.8 Å². The third kappa shape index (κ3) is 26.7. The van der Waals surface area contributed by atoms with Crippen LogP contribution >= 0.6 is 0 Å². The van der Waals surface area contributed by atoms with Crippen molar-refractivity contribution >= 4 is 65.3 Å². The molecule has 0 rings (SSSR count). The molecule has 0 radical (unpaired) electrons. The Morgan fingerprint density at radius 2 is 0.639 bits per heavy atom. The van der Waals surface area contributed by atoms with Crippen LogP contribution in [0.15, 0.2) is 25.0 Å². The number of carboxylic acid groups (broad SMARTS) is 1. The van der Waals surface area contributed by atoms with Gasteiger partial charge in [-0.25, -0.2) is 0 Å². The van der Waals surface area contributed by atoms with Crippen LogP contribution in [0.2, 0.25) is 0 Å². The van der Waals surface area contributed by atoms with E-state index in [2.05, 4.69) is 51.5 Å². The zero-order chi connectivity index (χ0) is 46.5. The third-order valence-electron chi connectivity index (χ3n) is 8.35. The molecule has 0 aliphatic rings. The maximum absolute atomic E-state index is 14.0. The minimum Gasteiger partial charge on any atom is -0.480 e. The van der Waals surface area contributed by atoms with Crippen LogP contribution in [0.1, 0.15) is 71.1 Å². The molecule has 0 bridgehead atoms. The van der Waals surface area contributed by atoms with Crippen LogP contribution in [0, 0.1) is 0 Å². The van der Waals surface area contributed by atoms with Crippen molar-refractivity contribution in [2.45, 2.75) is 107 Å². The van der Waals surface area contributed by atoms with Crippen molar-refractivity contribution in [3.63, 3.8) is 0 Å². The predicted octanol–water partition coefficient (Wildman–Crippen LogP) is -7.89. The van der Waals surface area contributed by atoms with Gasteiger partial charge in [-0.3, -0.25) is 53.7 Å². The molecule has 61 heavy (non-hydrogen) atoms. The maximum atomic E-state index is 14.0. The van der Waals surface area contributed by atoms with Crippen molar-refractivity contribution in [1.29, 1.82) is 0 Å². The zero-order valence-corrected chi connectivity index (χ0v) is 34.6. The molecular weight excluding hydrogens is 803 g/mol. The number of hydrogen-bond donors (Lipinski definition) is 17. The van der Waals surface area contributed by atoms with Gasteiger partial charge in [-0.05, 0) is 71.1 Å². The molecule has 0 aromatic rings. The second kappa shape index (κ2) is 30.2. The fourth-order valence-corrected chi connectivity index (χ4v) is 5.21. The lowest BCUT2D eigenvalue weighted by molar-refractivity contribution is -0.141. The number of carboxylic acids is 1. The Kier molecular flexibility index (Phi) is 26.8. The smallest absolute Gasteiger partial charge is 0.325 e. The highest BCUT2D eigenvalue weighted by atomic mass is 16.4. The van der Waals surface area contributed by atoms with Crippen LogP contribution in [0.3, 0.4) is 0 Å². The lowest BCUT2D eigenvalue weighted by Crippen LogP contribution is -2.59. The topological polar surface area (TPSA) is 531 Å². The number of hydrogen-bond acceptors (Lipinski definition) is 12. The number of carbonyl (C=O) groups is 6. The fraction of sp³-hybridized carbons (Fsp3) is 0.667. The van der Waals surface area contributed by atoms with Crippen LogP contribution in [0.5, 0.6) is 0 Å². The van der Waals surface area contributed by atoms with E-state index in [1.165, 1.54) is 6.92 Å². The van der Waals surface area contributed by atoms with Gasteiger partial charge in [0.1, 0.15) is 30.2 Å². The molecule has 28 N–H and O–H groups in total. The number of carbonyl (C=O) groups excluding carboxylic acids is 5. The van der Waals surface area contributed by atoms with E-state index in [0.717, 1.165) is 0 Å². The van der Waals surface area contributed by atoms with Gasteiger partial charge >= 0.3 is 5.97 Å². The highest BCUT2D eigenvalue weighted by Gasteiger charge is 2.32. The predicted molar refractivity (Wildman–Crippen MR) is 230 cm³/mol. The standard InChI is InChI=1S/C33H67N21O7/c1-17(28(60)61)50-24(56)19(8-3-13-46-30(37)38)52-26(58)21(10-5-15-48-32(41)42)54-27(59)22(11-6-16-49-33(43)44)53-25(57)20(9-4-14-47-31(39)40)51-23(55)18(34)7-2-12-45-29(35)36/h17-22H,2-16,34H2,1H3,(H,50,56)(H,51,55)(H,52,58)(H,53,57)(H,54,59)(H,60,61)(H4,35,36,45)(H4,37,38,46)(H4,39,40,47)(H4,41,42,48)(H4,43,44,49)/t17-,18-,19-,20-,21-,22-/m1/s1. The number of nitrogens with zero attached hydrogens (tertiary/aromatic N) is 5. The molecule has 0 saturated heterocycles. The first-order valence-corrected chi connectivity index (χ1v) is 19.4. The van der Waals surface area contributed by atoms with E-state index >= 15 is 0 Å². The lowest BCUT2D eigenvalue weighted by Gasteiger charge is -2.27. The number of amides is 5. The summed E-state index contributed by atoms with van der Waals surface area (Å²) in [6.07, 6.45) is 1.12. The van der Waals surface area contributed by atoms with Crippen LogP contribution in [0.25, 0.3) is 0 Å². The molecule has 0 aliphatic carbocycles. The normalized spacial score (nSPS) is 13.5. The van der Waals surface area contributed by atoms with E-state index in [9.17, 15) is 33.9 Å². The van der Waals surface area contributed by atoms with E-state index in [1.54, 1.807) is 0 Å². The summed E-state index contributed by atoms with van der Waals surface area (Å²) >= 11 is 0. The van der Waals surface area contributed by atoms with Gasteiger partial charge in [0, 0.05) is 32.7 Å². The summed E-state index contributed by atoms with van der Waals surface area (Å²) in [7, 11) is 0. The van der Waals surface area contributed by atoms with Crippen LogP contribution in [-0.4, -0.2) is 139 Å². The zero-order valence-electron chi connectivity index (χ0n) is 34.6. The second-order valence-electron chi connectivity index (χ2n) is 13.7. The summed E-state index contributed by atoms with van der Waals surface area (Å²) in [5.41, 5.74) is 60.2. The Hall–Kier alpha value is -6.87. The van der Waals surface area contributed by atoms with Crippen molar-refractivity contribution in [2.75, 3.05) is 32.7 Å². The van der Waals surface area contributed by atoms with E-state index < -0.39 is 71.8 Å². The Balaban J connectivity index is 6.62. The average molecular weight is 870 g/mol. The SMILES string of the molecule is C[C@@H](NC(=O)[C@@H](CCCN=C(N)N)NC(=O)[C@@H](CCCN=C(N)N)NC(=O)[C@@H](CCCN=C(N)N)NC(=O)[C@@H](CCCN=C(N)N)NC(=O)[C@H](N)CCCN=C(N)N)C(=O)O. The minimum absolute atomic E-state index is 0.0143. The summed E-state index contributed by atoms with van der Waals surface area (Å²) in [5.74, 6) is -6.23. The molecule has 0 aliphatic heterocycles. The van der Waals surface area contributed by atoms with Crippen molar-refractivity contribution in [1.82, 2.24) is 26.6 Å². The Morgan fingerprint density at radius 3 is 0.885 bits per heavy atom. The van der Waals surface area contributed by atoms with Crippen molar-refractivity contribution in [3.05, 3.63) is 0 Å². The van der Waals surface area contributed by atoms with Gasteiger partial charge in [-0.2, -0.15) is 0 Å². The molecule has 346 valence electrons. The van der Waals surface area contributed by atoms with Gasteiger partial charge in [0.2, 0.25) is 29.5 Å². The molecule has 0 aromatic carbocycles. The summed E-state index contributed by atoms with van der Waals surface area (Å²) in [6.45, 7) is 1.75. The number of guanidine groups is 5. The van der Waals surface area contributed by atoms with Crippen molar-refractivity contribution < 1.29 is 33.9 Å². The molecule has 5 amide bonds. The molecule has 0 spiro atoms. The maximum Gasteiger partial charge on any atom is 0.325 e. The molecular formula is C33H67N21O7. The van der Waals surface area contributed by atoms with Crippen LogP contribution in [0.4, 0.5) is 0 Å². The molecule has 0 fully saturated rings. The van der Waals surface area contributed by atoms with Gasteiger partial charge < -0.3 is 94.8 Å². The van der Waals surface area contributed by atoms with Gasteiger partial charge in [0.05, 0.1) is 6.04 Å². The van der Waals surface area contributed by atoms with Gasteiger partial charge in [-0.15, -0.1) is 0 Å². The highest BCUT2D eigenvalue weighted by Crippen LogP contribution is 2.09. The number of aliphatic carboxylic acids is 1. The number of nitrogens with two attached hydrogens (primary N) is 11.